The first kappa shape index (κ1) is 28.8. The summed E-state index contributed by atoms with van der Waals surface area (Å²) in [5, 5.41) is 12.6. The summed E-state index contributed by atoms with van der Waals surface area (Å²) in [5.41, 5.74) is 0.770. The van der Waals surface area contributed by atoms with Crippen LogP contribution in [0.5, 0.6) is 0 Å². The van der Waals surface area contributed by atoms with Crippen LogP contribution >= 0.6 is 0 Å². The Kier molecular flexibility index (Phi) is 8.80. The number of hydrogen-bond acceptors (Lipinski definition) is 9. The van der Waals surface area contributed by atoms with E-state index in [1.807, 2.05) is 0 Å². The van der Waals surface area contributed by atoms with Crippen molar-refractivity contribution in [1.29, 1.82) is 0 Å². The van der Waals surface area contributed by atoms with Crippen molar-refractivity contribution >= 4 is 23.9 Å². The number of amides is 2. The maximum Gasteiger partial charge on any atom is 0.338 e. The SMILES string of the molecule is CC1CN([C@@H]2O[C@H](COC(=O)c3ccccc3)[C@H](OC(=O)c3ccccc3)[C@H]2OC(=O)c2ccccc2)C(=O)NC1O. The van der Waals surface area contributed by atoms with Crippen LogP contribution in [-0.2, 0) is 18.9 Å². The zero-order valence-electron chi connectivity index (χ0n) is 22.7. The van der Waals surface area contributed by atoms with E-state index in [0.29, 0.717) is 5.56 Å². The van der Waals surface area contributed by atoms with Crippen LogP contribution in [0.3, 0.4) is 0 Å². The average Bonchev–Trinajstić information content (AvgIpc) is 3.34. The van der Waals surface area contributed by atoms with Gasteiger partial charge in [0.15, 0.2) is 18.4 Å². The molecule has 0 spiro atoms. The molecule has 2 aliphatic heterocycles. The topological polar surface area (TPSA) is 141 Å². The predicted molar refractivity (Wildman–Crippen MR) is 147 cm³/mol. The molecule has 42 heavy (non-hydrogen) atoms. The van der Waals surface area contributed by atoms with E-state index in [9.17, 15) is 24.3 Å². The maximum absolute atomic E-state index is 13.2. The highest BCUT2D eigenvalue weighted by molar-refractivity contribution is 5.91. The minimum absolute atomic E-state index is 0.0485. The van der Waals surface area contributed by atoms with E-state index in [4.69, 9.17) is 18.9 Å². The number of ether oxygens (including phenoxy) is 4. The first-order chi connectivity index (χ1) is 20.3. The third-order valence-corrected chi connectivity index (χ3v) is 7.04. The van der Waals surface area contributed by atoms with Crippen molar-refractivity contribution in [2.75, 3.05) is 13.2 Å². The van der Waals surface area contributed by atoms with Crippen molar-refractivity contribution in [1.82, 2.24) is 10.2 Å². The third-order valence-electron chi connectivity index (χ3n) is 7.04. The van der Waals surface area contributed by atoms with E-state index in [1.165, 1.54) is 4.90 Å². The lowest BCUT2D eigenvalue weighted by molar-refractivity contribution is -0.102. The molecule has 0 aliphatic carbocycles. The highest BCUT2D eigenvalue weighted by Crippen LogP contribution is 2.33. The highest BCUT2D eigenvalue weighted by Gasteiger charge is 2.54. The molecule has 2 N–H and O–H groups in total. The van der Waals surface area contributed by atoms with Gasteiger partial charge in [-0.1, -0.05) is 61.5 Å². The normalized spacial score (nSPS) is 25.3. The molecule has 0 bridgehead atoms. The molecular formula is C31H30N2O9. The number of nitrogens with one attached hydrogen (secondary N) is 1. The molecular weight excluding hydrogens is 544 g/mol. The number of nitrogens with zero attached hydrogens (tertiary/aromatic N) is 1. The smallest absolute Gasteiger partial charge is 0.338 e. The molecule has 2 heterocycles. The van der Waals surface area contributed by atoms with Crippen LogP contribution in [0.1, 0.15) is 38.0 Å². The number of carbonyl (C=O) groups excluding carboxylic acids is 4. The third kappa shape index (κ3) is 6.42. The predicted octanol–water partition coefficient (Wildman–Crippen LogP) is 3.00. The standard InChI is InChI=1S/C31H30N2O9/c1-19-17-33(31(38)32-26(19)34)27-25(42-30(37)22-15-9-4-10-16-22)24(41-29(36)21-13-7-3-8-14-21)23(40-27)18-39-28(35)20-11-5-2-6-12-20/h2-16,19,23-27,34H,17-18H2,1H3,(H,32,38)/t19?,23-,24+,25-,26?,27-/m1/s1. The Morgan fingerprint density at radius 3 is 1.81 bits per heavy atom. The van der Waals surface area contributed by atoms with Gasteiger partial charge in [0.25, 0.3) is 0 Å². The molecule has 2 unspecified atom stereocenters. The highest BCUT2D eigenvalue weighted by atomic mass is 16.7. The molecule has 5 rings (SSSR count). The van der Waals surface area contributed by atoms with Crippen LogP contribution in [0.15, 0.2) is 91.0 Å². The van der Waals surface area contributed by atoms with Crippen molar-refractivity contribution in [2.24, 2.45) is 5.92 Å². The van der Waals surface area contributed by atoms with Gasteiger partial charge >= 0.3 is 23.9 Å². The molecule has 3 aromatic rings. The summed E-state index contributed by atoms with van der Waals surface area (Å²) in [6, 6.07) is 24.0. The Balaban J connectivity index is 1.46. The number of urea groups is 1. The van der Waals surface area contributed by atoms with Crippen LogP contribution in [0.2, 0.25) is 0 Å². The Morgan fingerprint density at radius 1 is 0.810 bits per heavy atom. The number of esters is 3. The van der Waals surface area contributed by atoms with E-state index in [1.54, 1.807) is 97.9 Å². The Morgan fingerprint density at radius 2 is 1.29 bits per heavy atom. The van der Waals surface area contributed by atoms with E-state index in [0.717, 1.165) is 0 Å². The van der Waals surface area contributed by atoms with Gasteiger partial charge in [-0.05, 0) is 36.4 Å². The summed E-state index contributed by atoms with van der Waals surface area (Å²) in [7, 11) is 0. The number of aliphatic hydroxyl groups is 1. The Hall–Kier alpha value is -4.74. The molecule has 2 saturated heterocycles. The minimum Gasteiger partial charge on any atom is -0.459 e. The quantitative estimate of drug-likeness (QED) is 0.307. The lowest BCUT2D eigenvalue weighted by atomic mass is 10.1. The Bertz CT molecular complexity index is 1400. The van der Waals surface area contributed by atoms with Gasteiger partial charge in [0.05, 0.1) is 16.7 Å². The molecule has 0 radical (unpaired) electrons. The second-order valence-electron chi connectivity index (χ2n) is 10.0. The summed E-state index contributed by atoms with van der Waals surface area (Å²) in [4.78, 5) is 53.4. The summed E-state index contributed by atoms with van der Waals surface area (Å²) in [6.07, 6.45) is -6.01. The summed E-state index contributed by atoms with van der Waals surface area (Å²) in [5.74, 6) is -2.50. The summed E-state index contributed by atoms with van der Waals surface area (Å²) >= 11 is 0. The monoisotopic (exact) mass is 574 g/mol. The van der Waals surface area contributed by atoms with Crippen LogP contribution < -0.4 is 5.32 Å². The van der Waals surface area contributed by atoms with Crippen molar-refractivity contribution in [3.63, 3.8) is 0 Å². The minimum atomic E-state index is -1.31. The first-order valence-electron chi connectivity index (χ1n) is 13.5. The number of hydrogen-bond donors (Lipinski definition) is 2. The van der Waals surface area contributed by atoms with E-state index < -0.39 is 60.6 Å². The number of carbonyl (C=O) groups is 4. The number of benzene rings is 3. The van der Waals surface area contributed by atoms with Crippen LogP contribution in [-0.4, -0.2) is 77.9 Å². The Labute approximate surface area is 241 Å². The number of rotatable bonds is 8. The molecule has 6 atom stereocenters. The van der Waals surface area contributed by atoms with Gasteiger partial charge < -0.3 is 29.4 Å². The average molecular weight is 575 g/mol. The maximum atomic E-state index is 13.2. The van der Waals surface area contributed by atoms with E-state index >= 15 is 0 Å². The molecule has 2 amide bonds. The van der Waals surface area contributed by atoms with Crippen LogP contribution in [0.4, 0.5) is 4.79 Å². The van der Waals surface area contributed by atoms with Gasteiger partial charge in [0, 0.05) is 12.5 Å². The van der Waals surface area contributed by atoms with Gasteiger partial charge in [0.2, 0.25) is 0 Å². The fraction of sp³-hybridized carbons (Fsp3) is 0.290. The van der Waals surface area contributed by atoms with Gasteiger partial charge in [-0.15, -0.1) is 0 Å². The lowest BCUT2D eigenvalue weighted by Gasteiger charge is -2.39. The zero-order chi connectivity index (χ0) is 29.6. The zero-order valence-corrected chi connectivity index (χ0v) is 22.7. The molecule has 11 nitrogen and oxygen atoms in total. The molecule has 218 valence electrons. The fourth-order valence-electron chi connectivity index (χ4n) is 4.77. The lowest BCUT2D eigenvalue weighted by Crippen LogP contribution is -2.61. The molecule has 2 fully saturated rings. The van der Waals surface area contributed by atoms with Crippen molar-refractivity contribution in [2.45, 2.75) is 37.7 Å². The second-order valence-corrected chi connectivity index (χ2v) is 10.0. The summed E-state index contributed by atoms with van der Waals surface area (Å²) in [6.45, 7) is 1.40. The second kappa shape index (κ2) is 12.8. The summed E-state index contributed by atoms with van der Waals surface area (Å²) < 4.78 is 23.4. The van der Waals surface area contributed by atoms with Crippen molar-refractivity contribution in [3.8, 4) is 0 Å². The van der Waals surface area contributed by atoms with Crippen LogP contribution in [0.25, 0.3) is 0 Å². The molecule has 2 aliphatic rings. The van der Waals surface area contributed by atoms with Gasteiger partial charge in [-0.25, -0.2) is 19.2 Å². The van der Waals surface area contributed by atoms with E-state index in [-0.39, 0.29) is 24.3 Å². The van der Waals surface area contributed by atoms with Crippen LogP contribution in [0, 0.1) is 5.92 Å². The fourth-order valence-corrected chi connectivity index (χ4v) is 4.77. The molecule has 3 aromatic carbocycles. The van der Waals surface area contributed by atoms with Gasteiger partial charge in [0.1, 0.15) is 18.9 Å². The van der Waals surface area contributed by atoms with Gasteiger partial charge in [-0.3, -0.25) is 4.90 Å². The molecule has 0 saturated carbocycles. The number of aliphatic hydroxyl groups excluding tert-OH is 1. The molecule has 11 heteroatoms. The van der Waals surface area contributed by atoms with Crippen molar-refractivity contribution < 1.29 is 43.2 Å². The largest absolute Gasteiger partial charge is 0.459 e. The molecule has 0 aromatic heterocycles. The van der Waals surface area contributed by atoms with Gasteiger partial charge in [-0.2, -0.15) is 0 Å². The van der Waals surface area contributed by atoms with E-state index in [2.05, 4.69) is 5.32 Å². The first-order valence-corrected chi connectivity index (χ1v) is 13.5. The van der Waals surface area contributed by atoms with Crippen molar-refractivity contribution in [3.05, 3.63) is 108 Å².